The molecule has 1 fully saturated rings. The molecule has 0 atom stereocenters. The molecule has 2 N–H and O–H groups in total. The fourth-order valence-corrected chi connectivity index (χ4v) is 3.22. The summed E-state index contributed by atoms with van der Waals surface area (Å²) in [6.07, 6.45) is 8.35. The number of aromatic nitrogens is 3. The predicted molar refractivity (Wildman–Crippen MR) is 114 cm³/mol. The first-order chi connectivity index (χ1) is 14.1. The van der Waals surface area contributed by atoms with Gasteiger partial charge in [0.2, 0.25) is 11.9 Å². The van der Waals surface area contributed by atoms with Crippen molar-refractivity contribution in [1.82, 2.24) is 19.9 Å². The van der Waals surface area contributed by atoms with Gasteiger partial charge in [-0.25, -0.2) is 9.97 Å². The van der Waals surface area contributed by atoms with E-state index in [1.807, 2.05) is 30.3 Å². The normalized spacial score (nSPS) is 13.5. The third-order valence-corrected chi connectivity index (χ3v) is 4.78. The maximum Gasteiger partial charge on any atom is 0.246 e. The van der Waals surface area contributed by atoms with Crippen molar-refractivity contribution in [3.63, 3.8) is 0 Å². The Morgan fingerprint density at radius 3 is 2.62 bits per heavy atom. The number of carbonyl (C=O) groups is 1. The van der Waals surface area contributed by atoms with Crippen LogP contribution >= 0.6 is 11.6 Å². The quantitative estimate of drug-likeness (QED) is 0.607. The van der Waals surface area contributed by atoms with Crippen molar-refractivity contribution in [2.24, 2.45) is 0 Å². The van der Waals surface area contributed by atoms with Crippen LogP contribution in [-0.4, -0.2) is 44.9 Å². The number of hydrogen-bond donors (Lipinski definition) is 2. The Morgan fingerprint density at radius 2 is 1.90 bits per heavy atom. The lowest BCUT2D eigenvalue weighted by molar-refractivity contribution is -0.129. The van der Waals surface area contributed by atoms with Gasteiger partial charge >= 0.3 is 0 Å². The molecule has 1 aliphatic rings. The zero-order valence-corrected chi connectivity index (χ0v) is 16.3. The minimum absolute atomic E-state index is 0.0430. The van der Waals surface area contributed by atoms with Gasteiger partial charge in [0.25, 0.3) is 0 Å². The van der Waals surface area contributed by atoms with Crippen LogP contribution in [0, 0.1) is 0 Å². The van der Waals surface area contributed by atoms with E-state index in [0.717, 1.165) is 22.5 Å². The van der Waals surface area contributed by atoms with E-state index in [0.29, 0.717) is 24.1 Å². The van der Waals surface area contributed by atoms with Crippen LogP contribution in [0.4, 0.5) is 17.3 Å². The summed E-state index contributed by atoms with van der Waals surface area (Å²) < 4.78 is 0. The SMILES string of the molecule is C=CC(=O)N1CC(Nc2cncc(-c3cnc(Nc4cccc(Cl)c4)nc3)c2)C1. The average molecular weight is 407 g/mol. The number of carbonyl (C=O) groups excluding carboxylic acids is 1. The van der Waals surface area contributed by atoms with Crippen molar-refractivity contribution in [3.05, 3.63) is 72.8 Å². The molecule has 0 unspecified atom stereocenters. The summed E-state index contributed by atoms with van der Waals surface area (Å²) in [4.78, 5) is 26.3. The van der Waals surface area contributed by atoms with E-state index in [-0.39, 0.29) is 11.9 Å². The number of halogens is 1. The van der Waals surface area contributed by atoms with Crippen LogP contribution < -0.4 is 10.6 Å². The number of likely N-dealkylation sites (tertiary alicyclic amines) is 1. The summed E-state index contributed by atoms with van der Waals surface area (Å²) in [7, 11) is 0. The molecule has 29 heavy (non-hydrogen) atoms. The highest BCUT2D eigenvalue weighted by molar-refractivity contribution is 6.30. The molecule has 0 aliphatic carbocycles. The molecule has 0 radical (unpaired) electrons. The molecule has 1 aromatic carbocycles. The van der Waals surface area contributed by atoms with Crippen LogP contribution in [0.25, 0.3) is 11.1 Å². The van der Waals surface area contributed by atoms with E-state index in [2.05, 4.69) is 32.2 Å². The Bertz CT molecular complexity index is 1030. The minimum Gasteiger partial charge on any atom is -0.377 e. The van der Waals surface area contributed by atoms with Crippen LogP contribution in [0.15, 0.2) is 67.8 Å². The fourth-order valence-electron chi connectivity index (χ4n) is 3.03. The molecule has 0 spiro atoms. The number of benzene rings is 1. The average Bonchev–Trinajstić information content (AvgIpc) is 2.71. The number of nitrogens with zero attached hydrogens (tertiary/aromatic N) is 4. The number of nitrogens with one attached hydrogen (secondary N) is 2. The van der Waals surface area contributed by atoms with Crippen molar-refractivity contribution < 1.29 is 4.79 Å². The Labute approximate surface area is 173 Å². The van der Waals surface area contributed by atoms with Gasteiger partial charge in [0, 0.05) is 59.7 Å². The van der Waals surface area contributed by atoms with Crippen molar-refractivity contribution >= 4 is 34.8 Å². The van der Waals surface area contributed by atoms with E-state index < -0.39 is 0 Å². The van der Waals surface area contributed by atoms with Crippen LogP contribution in [0.5, 0.6) is 0 Å². The molecule has 1 amide bonds. The number of hydrogen-bond acceptors (Lipinski definition) is 6. The van der Waals surface area contributed by atoms with Gasteiger partial charge in [-0.1, -0.05) is 24.2 Å². The molecule has 0 saturated carbocycles. The van der Waals surface area contributed by atoms with E-state index >= 15 is 0 Å². The second-order valence-electron chi connectivity index (χ2n) is 6.68. The smallest absolute Gasteiger partial charge is 0.246 e. The van der Waals surface area contributed by atoms with Gasteiger partial charge in [0.15, 0.2) is 0 Å². The summed E-state index contributed by atoms with van der Waals surface area (Å²) in [5, 5.41) is 7.15. The highest BCUT2D eigenvalue weighted by Gasteiger charge is 2.29. The van der Waals surface area contributed by atoms with Crippen LogP contribution in [-0.2, 0) is 4.79 Å². The van der Waals surface area contributed by atoms with Crippen molar-refractivity contribution in [2.75, 3.05) is 23.7 Å². The zero-order valence-electron chi connectivity index (χ0n) is 15.5. The molecule has 3 heterocycles. The Balaban J connectivity index is 1.40. The minimum atomic E-state index is -0.0430. The zero-order chi connectivity index (χ0) is 20.2. The summed E-state index contributed by atoms with van der Waals surface area (Å²) in [6, 6.07) is 9.57. The lowest BCUT2D eigenvalue weighted by Gasteiger charge is -2.39. The van der Waals surface area contributed by atoms with Gasteiger partial charge in [-0.2, -0.15) is 0 Å². The van der Waals surface area contributed by atoms with E-state index in [9.17, 15) is 4.79 Å². The molecule has 3 aromatic rings. The Kier molecular flexibility index (Phi) is 5.39. The van der Waals surface area contributed by atoms with Gasteiger partial charge in [-0.3, -0.25) is 9.78 Å². The van der Waals surface area contributed by atoms with E-state index in [1.165, 1.54) is 6.08 Å². The molecule has 4 rings (SSSR count). The van der Waals surface area contributed by atoms with Crippen molar-refractivity contribution in [2.45, 2.75) is 6.04 Å². The van der Waals surface area contributed by atoms with Gasteiger partial charge in [-0.15, -0.1) is 0 Å². The largest absolute Gasteiger partial charge is 0.377 e. The number of pyridine rings is 1. The number of amides is 1. The van der Waals surface area contributed by atoms with Crippen molar-refractivity contribution in [1.29, 1.82) is 0 Å². The third kappa shape index (κ3) is 4.52. The summed E-state index contributed by atoms with van der Waals surface area (Å²) >= 11 is 6.00. The van der Waals surface area contributed by atoms with Crippen LogP contribution in [0.1, 0.15) is 0 Å². The topological polar surface area (TPSA) is 83.0 Å². The molecular formula is C21H19ClN6O. The molecular weight excluding hydrogens is 388 g/mol. The Morgan fingerprint density at radius 1 is 1.10 bits per heavy atom. The lowest BCUT2D eigenvalue weighted by Crippen LogP contribution is -2.56. The van der Waals surface area contributed by atoms with Crippen LogP contribution in [0.2, 0.25) is 5.02 Å². The van der Waals surface area contributed by atoms with Crippen molar-refractivity contribution in [3.8, 4) is 11.1 Å². The molecule has 1 saturated heterocycles. The second-order valence-corrected chi connectivity index (χ2v) is 7.12. The number of rotatable bonds is 6. The molecule has 0 bridgehead atoms. The maximum absolute atomic E-state index is 11.5. The monoisotopic (exact) mass is 406 g/mol. The fraction of sp³-hybridized carbons (Fsp3) is 0.143. The molecule has 2 aromatic heterocycles. The lowest BCUT2D eigenvalue weighted by atomic mass is 10.1. The summed E-state index contributed by atoms with van der Waals surface area (Å²) in [6.45, 7) is 4.82. The summed E-state index contributed by atoms with van der Waals surface area (Å²) in [5.74, 6) is 0.443. The summed E-state index contributed by atoms with van der Waals surface area (Å²) in [5.41, 5.74) is 3.47. The Hall–Kier alpha value is -3.45. The van der Waals surface area contributed by atoms with E-state index in [1.54, 1.807) is 29.7 Å². The molecule has 146 valence electrons. The highest BCUT2D eigenvalue weighted by atomic mass is 35.5. The van der Waals surface area contributed by atoms with Gasteiger partial charge in [0.05, 0.1) is 11.7 Å². The number of anilines is 3. The first kappa shape index (κ1) is 18.9. The third-order valence-electron chi connectivity index (χ3n) is 4.54. The first-order valence-corrected chi connectivity index (χ1v) is 9.46. The molecule has 1 aliphatic heterocycles. The van der Waals surface area contributed by atoms with E-state index in [4.69, 9.17) is 11.6 Å². The maximum atomic E-state index is 11.5. The first-order valence-electron chi connectivity index (χ1n) is 9.08. The molecule has 8 heteroatoms. The second kappa shape index (κ2) is 8.28. The standard InChI is InChI=1S/C21H19ClN6O/c1-2-20(29)28-12-19(13-28)26-18-6-14(8-23-11-18)15-9-24-21(25-10-15)27-17-5-3-4-16(22)7-17/h2-11,19,26H,1,12-13H2,(H,24,25,27). The highest BCUT2D eigenvalue weighted by Crippen LogP contribution is 2.23. The van der Waals surface area contributed by atoms with Crippen LogP contribution in [0.3, 0.4) is 0 Å². The predicted octanol–water partition coefficient (Wildman–Crippen LogP) is 3.74. The van der Waals surface area contributed by atoms with Gasteiger partial charge in [0.1, 0.15) is 0 Å². The van der Waals surface area contributed by atoms with Gasteiger partial charge < -0.3 is 15.5 Å². The molecule has 7 nitrogen and oxygen atoms in total. The van der Waals surface area contributed by atoms with Gasteiger partial charge in [-0.05, 0) is 30.3 Å².